The lowest BCUT2D eigenvalue weighted by Gasteiger charge is -2.37. The second-order valence-electron chi connectivity index (χ2n) is 12.1. The lowest BCUT2D eigenvalue weighted by molar-refractivity contribution is -0.144. The summed E-state index contributed by atoms with van der Waals surface area (Å²) in [5, 5.41) is 18.2. The number of carbonyl (C=O) groups is 4. The van der Waals surface area contributed by atoms with Crippen LogP contribution in [-0.4, -0.2) is 59.2 Å². The van der Waals surface area contributed by atoms with Crippen molar-refractivity contribution in [2.75, 3.05) is 6.54 Å². The minimum Gasteiger partial charge on any atom is -0.350 e. The first-order valence-corrected chi connectivity index (χ1v) is 11.9. The van der Waals surface area contributed by atoms with Crippen molar-refractivity contribution < 1.29 is 19.2 Å². The third kappa shape index (κ3) is 4.09. The van der Waals surface area contributed by atoms with E-state index in [1.807, 2.05) is 20.8 Å². The van der Waals surface area contributed by atoms with Crippen molar-refractivity contribution in [2.24, 2.45) is 28.6 Å². The van der Waals surface area contributed by atoms with Gasteiger partial charge in [0, 0.05) is 18.0 Å². The number of carbonyl (C=O) groups excluding carboxylic acids is 4. The summed E-state index contributed by atoms with van der Waals surface area (Å²) in [6.07, 6.45) is 3.44. The Labute approximate surface area is 195 Å². The molecule has 0 aromatic rings. The summed E-state index contributed by atoms with van der Waals surface area (Å²) in [6.45, 7) is 10.2. The van der Waals surface area contributed by atoms with Crippen LogP contribution in [0, 0.1) is 39.9 Å². The number of rotatable bonds is 7. The van der Waals surface area contributed by atoms with Gasteiger partial charge >= 0.3 is 0 Å². The van der Waals surface area contributed by atoms with Crippen molar-refractivity contribution in [1.29, 1.82) is 5.26 Å². The number of nitriles is 1. The van der Waals surface area contributed by atoms with E-state index in [1.165, 1.54) is 0 Å². The lowest BCUT2D eigenvalue weighted by atomic mass is 9.85. The number of nitrogens with one attached hydrogen (secondary N) is 3. The number of piperidine rings is 1. The Morgan fingerprint density at radius 1 is 1.33 bits per heavy atom. The number of likely N-dealkylation sites (tertiary alicyclic amines) is 1. The number of hydrogen-bond donors (Lipinski definition) is 3. The molecule has 4 rings (SSSR count). The minimum atomic E-state index is -0.800. The van der Waals surface area contributed by atoms with Gasteiger partial charge in [0.25, 0.3) is 0 Å². The maximum absolute atomic E-state index is 13.4. The van der Waals surface area contributed by atoms with Gasteiger partial charge in [-0.05, 0) is 48.3 Å². The predicted octanol–water partition coefficient (Wildman–Crippen LogP) is 0.697. The van der Waals surface area contributed by atoms with E-state index in [1.54, 1.807) is 4.90 Å². The average Bonchev–Trinajstić information content (AvgIpc) is 3.44. The molecule has 6 unspecified atom stereocenters. The Balaban J connectivity index is 1.48. The Bertz CT molecular complexity index is 913. The van der Waals surface area contributed by atoms with Crippen molar-refractivity contribution in [2.45, 2.75) is 84.0 Å². The third-order valence-electron chi connectivity index (χ3n) is 8.35. The van der Waals surface area contributed by atoms with Crippen LogP contribution >= 0.6 is 0 Å². The fraction of sp³-hybridized carbons (Fsp3) is 0.792. The highest BCUT2D eigenvalue weighted by Crippen LogP contribution is 2.65. The Hall–Kier alpha value is -2.63. The maximum atomic E-state index is 13.4. The summed E-state index contributed by atoms with van der Waals surface area (Å²) in [6, 6.07) is -0.112. The summed E-state index contributed by atoms with van der Waals surface area (Å²) >= 11 is 0. The molecule has 2 heterocycles. The lowest BCUT2D eigenvalue weighted by Crippen LogP contribution is -2.58. The van der Waals surface area contributed by atoms with Gasteiger partial charge in [-0.15, -0.1) is 0 Å². The number of amides is 4. The first-order chi connectivity index (χ1) is 15.3. The van der Waals surface area contributed by atoms with Gasteiger partial charge in [-0.1, -0.05) is 34.6 Å². The van der Waals surface area contributed by atoms with Crippen LogP contribution in [0.25, 0.3) is 0 Å². The number of nitrogens with zero attached hydrogens (tertiary/aromatic N) is 2. The smallest absolute Gasteiger partial charge is 0.246 e. The second-order valence-corrected chi connectivity index (χ2v) is 12.1. The molecule has 4 fully saturated rings. The highest BCUT2D eigenvalue weighted by Gasteiger charge is 2.69. The quantitative estimate of drug-likeness (QED) is 0.484. The van der Waals surface area contributed by atoms with Crippen LogP contribution < -0.4 is 16.0 Å². The van der Waals surface area contributed by atoms with E-state index in [4.69, 9.17) is 0 Å². The normalized spacial score (nSPS) is 32.2. The molecule has 4 aliphatic rings. The largest absolute Gasteiger partial charge is 0.350 e. The predicted molar refractivity (Wildman–Crippen MR) is 119 cm³/mol. The van der Waals surface area contributed by atoms with Gasteiger partial charge in [0.2, 0.25) is 24.1 Å². The van der Waals surface area contributed by atoms with Crippen molar-refractivity contribution in [1.82, 2.24) is 20.9 Å². The molecule has 9 heteroatoms. The van der Waals surface area contributed by atoms with Crippen molar-refractivity contribution in [3.8, 4) is 6.07 Å². The molecule has 0 bridgehead atoms. The monoisotopic (exact) mass is 457 g/mol. The van der Waals surface area contributed by atoms with Gasteiger partial charge in [0.05, 0.1) is 6.07 Å². The third-order valence-corrected chi connectivity index (χ3v) is 8.35. The fourth-order valence-electron chi connectivity index (χ4n) is 6.07. The molecule has 1 spiro atoms. The zero-order valence-electron chi connectivity index (χ0n) is 20.1. The van der Waals surface area contributed by atoms with Crippen molar-refractivity contribution in [3.05, 3.63) is 0 Å². The minimum absolute atomic E-state index is 0.00200. The molecule has 0 aromatic carbocycles. The summed E-state index contributed by atoms with van der Waals surface area (Å²) in [4.78, 5) is 51.9. The van der Waals surface area contributed by atoms with Crippen molar-refractivity contribution in [3.63, 3.8) is 0 Å². The molecular formula is C24H35N5O4. The van der Waals surface area contributed by atoms with Gasteiger partial charge in [0.1, 0.15) is 18.1 Å². The van der Waals surface area contributed by atoms with Crippen LogP contribution in [-0.2, 0) is 19.2 Å². The van der Waals surface area contributed by atoms with Gasteiger partial charge in [-0.2, -0.15) is 5.26 Å². The van der Waals surface area contributed by atoms with E-state index in [0.29, 0.717) is 19.4 Å². The topological polar surface area (TPSA) is 131 Å². The molecule has 6 atom stereocenters. The highest BCUT2D eigenvalue weighted by molar-refractivity contribution is 5.93. The molecule has 33 heavy (non-hydrogen) atoms. The van der Waals surface area contributed by atoms with E-state index in [2.05, 4.69) is 35.9 Å². The molecule has 2 aliphatic heterocycles. The SMILES string of the molecule is CC(C)(C)C(NC=O)C(=O)N1CC2C(C1C(=O)NC(C#N)CC1CC3(CC3)NC1=O)C2(C)C. The van der Waals surface area contributed by atoms with E-state index < -0.39 is 23.5 Å². The molecule has 0 aromatic heterocycles. The summed E-state index contributed by atoms with van der Waals surface area (Å²) < 4.78 is 0. The maximum Gasteiger partial charge on any atom is 0.246 e. The van der Waals surface area contributed by atoms with Crippen LogP contribution in [0.15, 0.2) is 0 Å². The Morgan fingerprint density at radius 2 is 2.00 bits per heavy atom. The Morgan fingerprint density at radius 3 is 2.52 bits per heavy atom. The molecule has 9 nitrogen and oxygen atoms in total. The van der Waals surface area contributed by atoms with Crippen molar-refractivity contribution >= 4 is 24.1 Å². The second kappa shape index (κ2) is 7.71. The average molecular weight is 458 g/mol. The zero-order valence-corrected chi connectivity index (χ0v) is 20.1. The summed E-state index contributed by atoms with van der Waals surface area (Å²) in [5.41, 5.74) is -0.676. The standard InChI is InChI=1S/C24H35N5O4/c1-22(2,3)18(26-12-30)21(33)29-11-15-16(23(15,4)5)17(29)20(32)27-14(10-25)8-13-9-24(6-7-24)28-19(13)31/h12-18H,6-9,11H2,1-5H3,(H,26,30)(H,27,32)(H,28,31). The van der Waals surface area contributed by atoms with E-state index in [0.717, 1.165) is 12.8 Å². The Kier molecular flexibility index (Phi) is 5.50. The van der Waals surface area contributed by atoms with E-state index in [9.17, 15) is 24.4 Å². The molecule has 180 valence electrons. The first kappa shape index (κ1) is 23.5. The van der Waals surface area contributed by atoms with Crippen LogP contribution in [0.4, 0.5) is 0 Å². The first-order valence-electron chi connectivity index (χ1n) is 11.9. The molecule has 0 radical (unpaired) electrons. The van der Waals surface area contributed by atoms with E-state index >= 15 is 0 Å². The van der Waals surface area contributed by atoms with Gasteiger partial charge in [-0.3, -0.25) is 19.2 Å². The molecule has 3 N–H and O–H groups in total. The van der Waals surface area contributed by atoms with Crippen LogP contribution in [0.1, 0.15) is 60.3 Å². The van der Waals surface area contributed by atoms with Gasteiger partial charge in [0.15, 0.2) is 0 Å². The summed E-state index contributed by atoms with van der Waals surface area (Å²) in [7, 11) is 0. The fourth-order valence-corrected chi connectivity index (χ4v) is 6.07. The van der Waals surface area contributed by atoms with E-state index in [-0.39, 0.29) is 52.8 Å². The number of hydrogen-bond acceptors (Lipinski definition) is 5. The molecular weight excluding hydrogens is 422 g/mol. The number of fused-ring (bicyclic) bond motifs is 1. The summed E-state index contributed by atoms with van der Waals surface area (Å²) in [5.74, 6) is -0.766. The van der Waals surface area contributed by atoms with Crippen LogP contribution in [0.3, 0.4) is 0 Å². The molecule has 2 saturated heterocycles. The molecule has 2 aliphatic carbocycles. The van der Waals surface area contributed by atoms with Crippen LogP contribution in [0.2, 0.25) is 0 Å². The van der Waals surface area contributed by atoms with Gasteiger partial charge < -0.3 is 20.9 Å². The molecule has 2 saturated carbocycles. The van der Waals surface area contributed by atoms with Gasteiger partial charge in [-0.25, -0.2) is 0 Å². The zero-order chi connectivity index (χ0) is 24.3. The van der Waals surface area contributed by atoms with Crippen LogP contribution in [0.5, 0.6) is 0 Å². The highest BCUT2D eigenvalue weighted by atomic mass is 16.2. The molecule has 4 amide bonds.